The molecule has 0 amide bonds. The Labute approximate surface area is 119 Å². The lowest BCUT2D eigenvalue weighted by Crippen LogP contribution is -2.57. The lowest BCUT2D eigenvalue weighted by molar-refractivity contribution is 0.169. The number of hydrogen-bond donors (Lipinski definition) is 4. The molecule has 1 rings (SSSR count). The van der Waals surface area contributed by atoms with E-state index in [-0.39, 0.29) is 5.41 Å². The Kier molecular flexibility index (Phi) is 8.13. The summed E-state index contributed by atoms with van der Waals surface area (Å²) < 4.78 is 0. The summed E-state index contributed by atoms with van der Waals surface area (Å²) in [4.78, 5) is 0. The van der Waals surface area contributed by atoms with Gasteiger partial charge in [0.25, 0.3) is 0 Å². The number of hydrogen-bond acceptors (Lipinski definition) is 4. The summed E-state index contributed by atoms with van der Waals surface area (Å²) >= 11 is 0. The Balaban J connectivity index is 0.000000356. The van der Waals surface area contributed by atoms with Gasteiger partial charge < -0.3 is 22.9 Å². The smallest absolute Gasteiger partial charge is 0.0660 e. The zero-order chi connectivity index (χ0) is 15.1. The van der Waals surface area contributed by atoms with Crippen LogP contribution >= 0.6 is 0 Å². The Morgan fingerprint density at radius 2 is 1.47 bits per heavy atom. The highest BCUT2D eigenvalue weighted by Crippen LogP contribution is 2.30. The SMILES string of the molecule is CCCCC(C)(C)C(C)(N)N.NC1CCCC(N)C1. The van der Waals surface area contributed by atoms with Crippen LogP contribution in [0, 0.1) is 5.41 Å². The number of unbranched alkanes of at least 4 members (excludes halogenated alkanes) is 1. The van der Waals surface area contributed by atoms with Crippen LogP contribution in [0.3, 0.4) is 0 Å². The predicted octanol–water partition coefficient (Wildman–Crippen LogP) is 2.05. The van der Waals surface area contributed by atoms with E-state index < -0.39 is 5.66 Å². The monoisotopic (exact) mass is 272 g/mol. The first-order chi connectivity index (χ1) is 8.60. The maximum atomic E-state index is 5.83. The first-order valence-electron chi connectivity index (χ1n) is 7.69. The highest BCUT2D eigenvalue weighted by molar-refractivity contribution is 4.88. The van der Waals surface area contributed by atoms with Crippen LogP contribution in [0.5, 0.6) is 0 Å². The molecular weight excluding hydrogens is 236 g/mol. The molecule has 1 aliphatic carbocycles. The fourth-order valence-corrected chi connectivity index (χ4v) is 2.15. The summed E-state index contributed by atoms with van der Waals surface area (Å²) in [7, 11) is 0. The Morgan fingerprint density at radius 3 is 1.74 bits per heavy atom. The Morgan fingerprint density at radius 1 is 1.00 bits per heavy atom. The standard InChI is InChI=1S/C9H22N2.C6H14N2/c1-5-6-7-8(2,3)9(4,10)11;7-5-2-1-3-6(8)4-5/h5-7,10-11H2,1-4H3;5-6H,1-4,7-8H2. The van der Waals surface area contributed by atoms with E-state index in [0.29, 0.717) is 12.1 Å². The molecule has 2 unspecified atom stereocenters. The van der Waals surface area contributed by atoms with Crippen LogP contribution in [0.25, 0.3) is 0 Å². The topological polar surface area (TPSA) is 104 Å². The van der Waals surface area contributed by atoms with Crippen LogP contribution in [-0.2, 0) is 0 Å². The highest BCUT2D eigenvalue weighted by Gasteiger charge is 2.32. The van der Waals surface area contributed by atoms with Crippen LogP contribution in [0.2, 0.25) is 0 Å². The van der Waals surface area contributed by atoms with E-state index in [9.17, 15) is 0 Å². The van der Waals surface area contributed by atoms with Gasteiger partial charge in [-0.1, -0.05) is 40.0 Å². The van der Waals surface area contributed by atoms with Gasteiger partial charge in [-0.05, 0) is 38.0 Å². The molecule has 8 N–H and O–H groups in total. The number of nitrogens with two attached hydrogens (primary N) is 4. The van der Waals surface area contributed by atoms with Crippen molar-refractivity contribution in [2.75, 3.05) is 0 Å². The van der Waals surface area contributed by atoms with E-state index in [4.69, 9.17) is 22.9 Å². The third kappa shape index (κ3) is 7.88. The van der Waals surface area contributed by atoms with Crippen molar-refractivity contribution in [2.24, 2.45) is 28.3 Å². The molecular formula is C15H36N4. The fourth-order valence-electron chi connectivity index (χ4n) is 2.15. The van der Waals surface area contributed by atoms with Crippen molar-refractivity contribution >= 4 is 0 Å². The third-order valence-corrected chi connectivity index (χ3v) is 4.37. The minimum Gasteiger partial charge on any atom is -0.328 e. The van der Waals surface area contributed by atoms with Gasteiger partial charge >= 0.3 is 0 Å². The predicted molar refractivity (Wildman–Crippen MR) is 84.5 cm³/mol. The molecule has 0 aromatic heterocycles. The molecule has 1 fully saturated rings. The van der Waals surface area contributed by atoms with E-state index >= 15 is 0 Å². The van der Waals surface area contributed by atoms with Gasteiger partial charge in [-0.3, -0.25) is 0 Å². The minimum atomic E-state index is -0.553. The Hall–Kier alpha value is -0.160. The van der Waals surface area contributed by atoms with Crippen molar-refractivity contribution in [1.29, 1.82) is 0 Å². The summed E-state index contributed by atoms with van der Waals surface area (Å²) in [6.45, 7) is 8.33. The molecule has 0 heterocycles. The van der Waals surface area contributed by atoms with Gasteiger partial charge in [0.15, 0.2) is 0 Å². The molecule has 0 aromatic rings. The lowest BCUT2D eigenvalue weighted by Gasteiger charge is -2.38. The molecule has 2 atom stereocenters. The van der Waals surface area contributed by atoms with E-state index in [2.05, 4.69) is 20.8 Å². The third-order valence-electron chi connectivity index (χ3n) is 4.37. The van der Waals surface area contributed by atoms with Gasteiger partial charge in [0.05, 0.1) is 5.66 Å². The molecule has 0 aromatic carbocycles. The second-order valence-corrected chi connectivity index (χ2v) is 6.96. The highest BCUT2D eigenvalue weighted by atomic mass is 15.0. The molecule has 1 saturated carbocycles. The van der Waals surface area contributed by atoms with Crippen LogP contribution < -0.4 is 22.9 Å². The second kappa shape index (κ2) is 8.20. The van der Waals surface area contributed by atoms with Crippen molar-refractivity contribution in [1.82, 2.24) is 0 Å². The van der Waals surface area contributed by atoms with Gasteiger partial charge in [0.2, 0.25) is 0 Å². The lowest BCUT2D eigenvalue weighted by atomic mass is 9.77. The average molecular weight is 272 g/mol. The first kappa shape index (κ1) is 18.8. The average Bonchev–Trinajstić information content (AvgIpc) is 2.25. The summed E-state index contributed by atoms with van der Waals surface area (Å²) in [6.07, 6.45) is 8.12. The molecule has 0 bridgehead atoms. The maximum Gasteiger partial charge on any atom is 0.0660 e. The van der Waals surface area contributed by atoms with Crippen LogP contribution in [0.4, 0.5) is 0 Å². The zero-order valence-corrected chi connectivity index (χ0v) is 13.4. The van der Waals surface area contributed by atoms with Crippen molar-refractivity contribution in [3.8, 4) is 0 Å². The fraction of sp³-hybridized carbons (Fsp3) is 1.00. The van der Waals surface area contributed by atoms with Gasteiger partial charge in [0.1, 0.15) is 0 Å². The first-order valence-corrected chi connectivity index (χ1v) is 7.69. The summed E-state index contributed by atoms with van der Waals surface area (Å²) in [5.41, 5.74) is 22.4. The number of rotatable bonds is 4. The van der Waals surface area contributed by atoms with Crippen LogP contribution in [0.15, 0.2) is 0 Å². The van der Waals surface area contributed by atoms with Gasteiger partial charge in [-0.15, -0.1) is 0 Å². The Bertz CT molecular complexity index is 225. The normalized spacial score (nSPS) is 24.6. The maximum absolute atomic E-state index is 5.83. The molecule has 1 aliphatic rings. The quantitative estimate of drug-likeness (QED) is 0.588. The summed E-state index contributed by atoms with van der Waals surface area (Å²) in [5, 5.41) is 0. The molecule has 19 heavy (non-hydrogen) atoms. The minimum absolute atomic E-state index is 0.0447. The largest absolute Gasteiger partial charge is 0.328 e. The van der Waals surface area contributed by atoms with Crippen molar-refractivity contribution in [2.45, 2.75) is 90.4 Å². The molecule has 4 heteroatoms. The van der Waals surface area contributed by atoms with Crippen LogP contribution in [-0.4, -0.2) is 17.7 Å². The van der Waals surface area contributed by atoms with Gasteiger partial charge in [0, 0.05) is 12.1 Å². The molecule has 0 aliphatic heterocycles. The molecule has 4 nitrogen and oxygen atoms in total. The second-order valence-electron chi connectivity index (χ2n) is 6.96. The van der Waals surface area contributed by atoms with E-state index in [0.717, 1.165) is 12.8 Å². The van der Waals surface area contributed by atoms with Gasteiger partial charge in [-0.25, -0.2) is 0 Å². The van der Waals surface area contributed by atoms with E-state index in [1.807, 2.05) is 6.92 Å². The summed E-state index contributed by atoms with van der Waals surface area (Å²) in [6, 6.07) is 0.775. The van der Waals surface area contributed by atoms with E-state index in [1.165, 1.54) is 32.1 Å². The van der Waals surface area contributed by atoms with Gasteiger partial charge in [-0.2, -0.15) is 0 Å². The van der Waals surface area contributed by atoms with E-state index in [1.54, 1.807) is 0 Å². The molecule has 116 valence electrons. The zero-order valence-electron chi connectivity index (χ0n) is 13.4. The van der Waals surface area contributed by atoms with Crippen molar-refractivity contribution in [3.63, 3.8) is 0 Å². The summed E-state index contributed by atoms with van der Waals surface area (Å²) in [5.74, 6) is 0. The van der Waals surface area contributed by atoms with Crippen molar-refractivity contribution < 1.29 is 0 Å². The molecule has 0 radical (unpaired) electrons. The molecule has 0 saturated heterocycles. The molecule has 0 spiro atoms. The van der Waals surface area contributed by atoms with Crippen molar-refractivity contribution in [3.05, 3.63) is 0 Å². The van der Waals surface area contributed by atoms with Crippen LogP contribution in [0.1, 0.15) is 72.6 Å².